The molecule has 0 aliphatic heterocycles. The van der Waals surface area contributed by atoms with Gasteiger partial charge in [-0.1, -0.05) is 5.16 Å². The number of pyridine rings is 1. The molecule has 0 spiro atoms. The minimum Gasteiger partial charge on any atom is -0.483 e. The first kappa shape index (κ1) is 11.5. The van der Waals surface area contributed by atoms with Gasteiger partial charge in [0.1, 0.15) is 11.4 Å². The predicted octanol–water partition coefficient (Wildman–Crippen LogP) is 1.15. The van der Waals surface area contributed by atoms with Crippen LogP contribution in [0.4, 0.5) is 0 Å². The number of aryl methyl sites for hydroxylation is 2. The Morgan fingerprint density at radius 1 is 1.29 bits per heavy atom. The van der Waals surface area contributed by atoms with Gasteiger partial charge in [-0.25, -0.2) is 0 Å². The van der Waals surface area contributed by atoms with E-state index in [2.05, 4.69) is 15.1 Å². The van der Waals surface area contributed by atoms with Crippen LogP contribution in [0.1, 0.15) is 23.1 Å². The molecule has 0 atom stereocenters. The van der Waals surface area contributed by atoms with Crippen molar-refractivity contribution in [3.05, 3.63) is 35.2 Å². The second-order valence-electron chi connectivity index (χ2n) is 3.57. The van der Waals surface area contributed by atoms with Crippen molar-refractivity contribution >= 4 is 0 Å². The molecular weight excluding hydrogens is 222 g/mol. The largest absolute Gasteiger partial charge is 0.483 e. The molecule has 2 rings (SSSR count). The van der Waals surface area contributed by atoms with Gasteiger partial charge in [0.2, 0.25) is 11.7 Å². The molecule has 0 aliphatic rings. The lowest BCUT2D eigenvalue weighted by Gasteiger charge is -2.07. The highest BCUT2D eigenvalue weighted by Gasteiger charge is 2.07. The molecule has 2 aromatic heterocycles. The zero-order valence-electron chi connectivity index (χ0n) is 9.67. The van der Waals surface area contributed by atoms with Crippen molar-refractivity contribution in [2.45, 2.75) is 27.1 Å². The van der Waals surface area contributed by atoms with Gasteiger partial charge in [-0.15, -0.1) is 0 Å². The van der Waals surface area contributed by atoms with E-state index in [0.717, 1.165) is 5.69 Å². The summed E-state index contributed by atoms with van der Waals surface area (Å²) in [6.45, 7) is 3.59. The van der Waals surface area contributed by atoms with E-state index < -0.39 is 0 Å². The molecule has 0 bridgehead atoms. The van der Waals surface area contributed by atoms with Crippen LogP contribution in [0.2, 0.25) is 0 Å². The van der Waals surface area contributed by atoms with Crippen molar-refractivity contribution in [2.75, 3.05) is 0 Å². The van der Waals surface area contributed by atoms with E-state index >= 15 is 0 Å². The van der Waals surface area contributed by atoms with Crippen LogP contribution in [0.3, 0.4) is 0 Å². The molecule has 2 aromatic rings. The van der Waals surface area contributed by atoms with Gasteiger partial charge < -0.3 is 14.4 Å². The Labute approximate surface area is 98.3 Å². The first-order valence-corrected chi connectivity index (χ1v) is 5.18. The Balaban J connectivity index is 2.08. The van der Waals surface area contributed by atoms with Crippen LogP contribution in [0.5, 0.6) is 5.75 Å². The lowest BCUT2D eigenvalue weighted by Crippen LogP contribution is -2.02. The third kappa shape index (κ3) is 2.79. The Bertz CT molecular complexity index is 510. The number of aliphatic hydroxyl groups is 1. The van der Waals surface area contributed by atoms with E-state index in [1.54, 1.807) is 13.0 Å². The van der Waals surface area contributed by atoms with Gasteiger partial charge in [0.05, 0.1) is 6.61 Å². The van der Waals surface area contributed by atoms with Crippen molar-refractivity contribution < 1.29 is 14.4 Å². The quantitative estimate of drug-likeness (QED) is 0.856. The van der Waals surface area contributed by atoms with E-state index in [4.69, 9.17) is 14.4 Å². The molecule has 0 amide bonds. The summed E-state index contributed by atoms with van der Waals surface area (Å²) < 4.78 is 10.3. The normalized spacial score (nSPS) is 10.5. The Kier molecular flexibility index (Phi) is 3.34. The fraction of sp³-hybridized carbons (Fsp3) is 0.364. The van der Waals surface area contributed by atoms with Crippen LogP contribution in [0.15, 0.2) is 16.7 Å². The molecule has 0 aromatic carbocycles. The summed E-state index contributed by atoms with van der Waals surface area (Å²) in [7, 11) is 0. The van der Waals surface area contributed by atoms with Gasteiger partial charge in [-0.3, -0.25) is 4.98 Å². The van der Waals surface area contributed by atoms with Crippen molar-refractivity contribution in [1.29, 1.82) is 0 Å². The van der Waals surface area contributed by atoms with Crippen LogP contribution >= 0.6 is 0 Å². The monoisotopic (exact) mass is 235 g/mol. The zero-order valence-corrected chi connectivity index (χ0v) is 9.67. The molecule has 17 heavy (non-hydrogen) atoms. The minimum absolute atomic E-state index is 0.164. The van der Waals surface area contributed by atoms with E-state index in [0.29, 0.717) is 23.2 Å². The fourth-order valence-corrected chi connectivity index (χ4v) is 1.38. The number of nitrogens with zero attached hydrogens (tertiary/aromatic N) is 3. The molecule has 90 valence electrons. The molecule has 0 fully saturated rings. The van der Waals surface area contributed by atoms with E-state index in [-0.39, 0.29) is 13.2 Å². The summed E-state index contributed by atoms with van der Waals surface area (Å²) in [5.41, 5.74) is 1.34. The summed E-state index contributed by atoms with van der Waals surface area (Å²) in [6.07, 6.45) is 0. The first-order valence-electron chi connectivity index (χ1n) is 5.18. The van der Waals surface area contributed by atoms with Gasteiger partial charge in [0.25, 0.3) is 0 Å². The maximum absolute atomic E-state index is 9.15. The van der Waals surface area contributed by atoms with Crippen LogP contribution in [0, 0.1) is 13.8 Å². The smallest absolute Gasteiger partial charge is 0.223 e. The first-order chi connectivity index (χ1) is 8.19. The Morgan fingerprint density at radius 3 is 2.76 bits per heavy atom. The SMILES string of the molecule is Cc1ccc(OCc2noc(C)n2)c(CO)n1. The van der Waals surface area contributed by atoms with Crippen LogP contribution in [-0.4, -0.2) is 20.2 Å². The Hall–Kier alpha value is -1.95. The number of aromatic nitrogens is 3. The number of hydrogen-bond acceptors (Lipinski definition) is 6. The van der Waals surface area contributed by atoms with Crippen molar-refractivity contribution in [1.82, 2.24) is 15.1 Å². The summed E-state index contributed by atoms with van der Waals surface area (Å²) in [5.74, 6) is 1.49. The average Bonchev–Trinajstić information content (AvgIpc) is 2.73. The maximum Gasteiger partial charge on any atom is 0.223 e. The van der Waals surface area contributed by atoms with Crippen LogP contribution < -0.4 is 4.74 Å². The molecule has 0 saturated carbocycles. The standard InChI is InChI=1S/C11H13N3O3/c1-7-3-4-10(9(5-15)12-7)16-6-11-13-8(2)17-14-11/h3-4,15H,5-6H2,1-2H3. The molecular formula is C11H13N3O3. The number of hydrogen-bond donors (Lipinski definition) is 1. The highest BCUT2D eigenvalue weighted by Crippen LogP contribution is 2.17. The van der Waals surface area contributed by atoms with E-state index in [9.17, 15) is 0 Å². The third-order valence-electron chi connectivity index (χ3n) is 2.15. The molecule has 0 radical (unpaired) electrons. The summed E-state index contributed by atoms with van der Waals surface area (Å²) in [4.78, 5) is 8.18. The zero-order chi connectivity index (χ0) is 12.3. The molecule has 6 nitrogen and oxygen atoms in total. The van der Waals surface area contributed by atoms with Gasteiger partial charge in [0, 0.05) is 12.6 Å². The van der Waals surface area contributed by atoms with E-state index in [1.165, 1.54) is 0 Å². The van der Waals surface area contributed by atoms with Crippen LogP contribution in [0.25, 0.3) is 0 Å². The predicted molar refractivity (Wildman–Crippen MR) is 58.3 cm³/mol. The van der Waals surface area contributed by atoms with E-state index in [1.807, 2.05) is 13.0 Å². The average molecular weight is 235 g/mol. The van der Waals surface area contributed by atoms with Gasteiger partial charge in [0.15, 0.2) is 6.61 Å². The Morgan fingerprint density at radius 2 is 2.12 bits per heavy atom. The number of rotatable bonds is 4. The van der Waals surface area contributed by atoms with Crippen molar-refractivity contribution in [2.24, 2.45) is 0 Å². The topological polar surface area (TPSA) is 81.3 Å². The molecule has 0 aliphatic carbocycles. The number of ether oxygens (including phenoxy) is 1. The highest BCUT2D eigenvalue weighted by molar-refractivity contribution is 5.28. The number of aliphatic hydroxyl groups excluding tert-OH is 1. The van der Waals surface area contributed by atoms with Gasteiger partial charge >= 0.3 is 0 Å². The molecule has 0 saturated heterocycles. The molecule has 2 heterocycles. The molecule has 0 unspecified atom stereocenters. The van der Waals surface area contributed by atoms with Crippen LogP contribution in [-0.2, 0) is 13.2 Å². The highest BCUT2D eigenvalue weighted by atomic mass is 16.5. The second kappa shape index (κ2) is 4.92. The van der Waals surface area contributed by atoms with Gasteiger partial charge in [-0.05, 0) is 19.1 Å². The second-order valence-corrected chi connectivity index (χ2v) is 3.57. The molecule has 1 N–H and O–H groups in total. The molecule has 6 heteroatoms. The van der Waals surface area contributed by atoms with Gasteiger partial charge in [-0.2, -0.15) is 4.98 Å². The van der Waals surface area contributed by atoms with Crippen molar-refractivity contribution in [3.63, 3.8) is 0 Å². The van der Waals surface area contributed by atoms with Crippen molar-refractivity contribution in [3.8, 4) is 5.75 Å². The fourth-order valence-electron chi connectivity index (χ4n) is 1.38. The summed E-state index contributed by atoms with van der Waals surface area (Å²) in [6, 6.07) is 3.58. The lowest BCUT2D eigenvalue weighted by molar-refractivity contribution is 0.247. The summed E-state index contributed by atoms with van der Waals surface area (Å²) >= 11 is 0. The lowest BCUT2D eigenvalue weighted by atomic mass is 10.3. The minimum atomic E-state index is -0.164. The summed E-state index contributed by atoms with van der Waals surface area (Å²) in [5, 5.41) is 12.9. The maximum atomic E-state index is 9.15. The third-order valence-corrected chi connectivity index (χ3v) is 2.15.